The zero-order valence-electron chi connectivity index (χ0n) is 20.7. The summed E-state index contributed by atoms with van der Waals surface area (Å²) in [6.07, 6.45) is -0.0291. The van der Waals surface area contributed by atoms with Crippen molar-refractivity contribution in [3.63, 3.8) is 0 Å². The summed E-state index contributed by atoms with van der Waals surface area (Å²) in [5.74, 6) is -0.468. The molecule has 3 aromatic carbocycles. The van der Waals surface area contributed by atoms with Gasteiger partial charge in [-0.05, 0) is 35.4 Å². The van der Waals surface area contributed by atoms with Crippen molar-refractivity contribution in [1.82, 2.24) is 10.2 Å². The monoisotopic (exact) mass is 532 g/mol. The van der Waals surface area contributed by atoms with E-state index in [0.717, 1.165) is 16.7 Å². The number of hydrogen-bond acceptors (Lipinski definition) is 5. The molecule has 4 unspecified atom stereocenters. The van der Waals surface area contributed by atoms with Crippen LogP contribution >= 0.6 is 11.6 Å². The number of fused-ring (bicyclic) bond motifs is 3. The molecule has 0 fully saturated rings. The van der Waals surface area contributed by atoms with Gasteiger partial charge in [-0.25, -0.2) is 0 Å². The number of para-hydroxylation sites is 1. The van der Waals surface area contributed by atoms with Crippen LogP contribution in [0.15, 0.2) is 90.5 Å². The third-order valence-electron chi connectivity index (χ3n) is 7.02. The molecule has 0 bridgehead atoms. The Kier molecular flexibility index (Phi) is 7.79. The second-order valence-electron chi connectivity index (χ2n) is 9.49. The number of benzene rings is 3. The summed E-state index contributed by atoms with van der Waals surface area (Å²) in [6, 6.07) is 23.1. The van der Waals surface area contributed by atoms with E-state index in [2.05, 4.69) is 5.32 Å². The van der Waals surface area contributed by atoms with E-state index in [0.29, 0.717) is 16.3 Å². The fourth-order valence-corrected chi connectivity index (χ4v) is 5.34. The molecule has 5 rings (SSSR count). The van der Waals surface area contributed by atoms with Gasteiger partial charge in [0.2, 0.25) is 11.8 Å². The molecule has 7 nitrogen and oxygen atoms in total. The fourth-order valence-electron chi connectivity index (χ4n) is 5.21. The van der Waals surface area contributed by atoms with Gasteiger partial charge in [-0.3, -0.25) is 9.59 Å². The van der Waals surface area contributed by atoms with E-state index in [-0.39, 0.29) is 37.9 Å². The molecule has 2 aliphatic rings. The Morgan fingerprint density at radius 2 is 1.66 bits per heavy atom. The molecule has 3 N–H and O–H groups in total. The maximum absolute atomic E-state index is 13.8. The van der Waals surface area contributed by atoms with Crippen molar-refractivity contribution in [1.29, 1.82) is 0 Å². The maximum atomic E-state index is 13.8. The normalized spacial score (nSPS) is 21.5. The van der Waals surface area contributed by atoms with Gasteiger partial charge in [0.05, 0.1) is 25.0 Å². The zero-order valence-corrected chi connectivity index (χ0v) is 21.4. The van der Waals surface area contributed by atoms with Crippen LogP contribution in [-0.2, 0) is 22.6 Å². The van der Waals surface area contributed by atoms with E-state index in [1.165, 1.54) is 0 Å². The summed E-state index contributed by atoms with van der Waals surface area (Å²) in [5, 5.41) is 24.2. The molecule has 3 aromatic rings. The van der Waals surface area contributed by atoms with Gasteiger partial charge < -0.3 is 25.2 Å². The molecule has 38 heavy (non-hydrogen) atoms. The molecule has 0 saturated carbocycles. The highest BCUT2D eigenvalue weighted by atomic mass is 35.5. The van der Waals surface area contributed by atoms with Crippen LogP contribution < -0.4 is 10.1 Å². The van der Waals surface area contributed by atoms with E-state index in [1.54, 1.807) is 23.1 Å². The van der Waals surface area contributed by atoms with Crippen LogP contribution in [0.5, 0.6) is 5.75 Å². The van der Waals surface area contributed by atoms with Crippen molar-refractivity contribution in [2.24, 2.45) is 0 Å². The van der Waals surface area contributed by atoms with Crippen molar-refractivity contribution >= 4 is 23.4 Å². The van der Waals surface area contributed by atoms with Gasteiger partial charge in [-0.1, -0.05) is 72.3 Å². The molecular weight excluding hydrogens is 504 g/mol. The number of amides is 2. The molecule has 2 amide bonds. The zero-order chi connectivity index (χ0) is 26.6. The minimum Gasteiger partial charge on any atom is -0.486 e. The quantitative estimate of drug-likeness (QED) is 0.414. The lowest BCUT2D eigenvalue weighted by molar-refractivity contribution is -0.137. The second-order valence-corrected chi connectivity index (χ2v) is 9.93. The molecule has 0 aromatic heterocycles. The predicted molar refractivity (Wildman–Crippen MR) is 144 cm³/mol. The van der Waals surface area contributed by atoms with E-state index in [1.807, 2.05) is 66.7 Å². The fraction of sp³-hybridized carbons (Fsp3) is 0.267. The standard InChI is InChI=1S/C30H29ClN2O5/c31-21-12-10-20(11-13-21)18-33(26(35)16-19-6-2-1-3-7-19)24-17-23(30(37)32-14-15-34)27-22-8-4-5-9-25(22)38-29(27)28(24)36/h1-13,17,24,27-29,34,36H,14-16,18H2,(H,32,37). The number of hydrogen-bond donors (Lipinski definition) is 3. The van der Waals surface area contributed by atoms with Crippen molar-refractivity contribution in [3.8, 4) is 5.75 Å². The molecule has 1 aliphatic carbocycles. The molecule has 1 aliphatic heterocycles. The highest BCUT2D eigenvalue weighted by Crippen LogP contribution is 2.47. The third kappa shape index (κ3) is 5.31. The summed E-state index contributed by atoms with van der Waals surface area (Å²) in [7, 11) is 0. The minimum atomic E-state index is -1.09. The lowest BCUT2D eigenvalue weighted by Gasteiger charge is -2.41. The topological polar surface area (TPSA) is 99.1 Å². The van der Waals surface area contributed by atoms with E-state index >= 15 is 0 Å². The number of rotatable bonds is 8. The van der Waals surface area contributed by atoms with Crippen LogP contribution in [0.4, 0.5) is 0 Å². The Labute approximate surface area is 226 Å². The summed E-state index contributed by atoms with van der Waals surface area (Å²) in [5.41, 5.74) is 2.88. The number of nitrogens with zero attached hydrogens (tertiary/aromatic N) is 1. The molecular formula is C30H29ClN2O5. The molecule has 196 valence electrons. The first-order valence-corrected chi connectivity index (χ1v) is 13.0. The van der Waals surface area contributed by atoms with Gasteiger partial charge in [0.25, 0.3) is 0 Å². The Balaban J connectivity index is 1.55. The van der Waals surface area contributed by atoms with Crippen LogP contribution in [0.3, 0.4) is 0 Å². The number of nitrogens with one attached hydrogen (secondary N) is 1. The Morgan fingerprint density at radius 1 is 0.947 bits per heavy atom. The Bertz CT molecular complexity index is 1330. The van der Waals surface area contributed by atoms with Crippen LogP contribution in [0.2, 0.25) is 5.02 Å². The van der Waals surface area contributed by atoms with Crippen LogP contribution in [-0.4, -0.2) is 58.3 Å². The number of aliphatic hydroxyl groups is 2. The number of carbonyl (C=O) groups is 2. The minimum absolute atomic E-state index is 0.0880. The van der Waals surface area contributed by atoms with Crippen LogP contribution in [0.1, 0.15) is 22.6 Å². The van der Waals surface area contributed by atoms with E-state index < -0.39 is 24.2 Å². The van der Waals surface area contributed by atoms with Gasteiger partial charge in [0.15, 0.2) is 0 Å². The smallest absolute Gasteiger partial charge is 0.247 e. The molecule has 1 heterocycles. The Hall–Kier alpha value is -3.65. The van der Waals surface area contributed by atoms with Crippen molar-refractivity contribution < 1.29 is 24.5 Å². The van der Waals surface area contributed by atoms with E-state index in [4.69, 9.17) is 16.3 Å². The number of ether oxygens (including phenoxy) is 1. The summed E-state index contributed by atoms with van der Waals surface area (Å²) in [6.45, 7) is 0.0894. The number of carbonyl (C=O) groups excluding carboxylic acids is 2. The first-order chi connectivity index (χ1) is 18.5. The average Bonchev–Trinajstić information content (AvgIpc) is 3.33. The van der Waals surface area contributed by atoms with Gasteiger partial charge in [-0.2, -0.15) is 0 Å². The molecule has 0 spiro atoms. The Morgan fingerprint density at radius 3 is 2.39 bits per heavy atom. The first kappa shape index (κ1) is 26.0. The van der Waals surface area contributed by atoms with Crippen molar-refractivity contribution in [3.05, 3.63) is 112 Å². The van der Waals surface area contributed by atoms with Gasteiger partial charge in [-0.15, -0.1) is 0 Å². The van der Waals surface area contributed by atoms with Crippen molar-refractivity contribution in [2.45, 2.75) is 37.1 Å². The maximum Gasteiger partial charge on any atom is 0.247 e. The van der Waals surface area contributed by atoms with E-state index in [9.17, 15) is 19.8 Å². The molecule has 8 heteroatoms. The summed E-state index contributed by atoms with van der Waals surface area (Å²) < 4.78 is 6.18. The van der Waals surface area contributed by atoms with Crippen LogP contribution in [0.25, 0.3) is 0 Å². The van der Waals surface area contributed by atoms with Gasteiger partial charge in [0.1, 0.15) is 18.0 Å². The summed E-state index contributed by atoms with van der Waals surface area (Å²) >= 11 is 6.08. The lowest BCUT2D eigenvalue weighted by Crippen LogP contribution is -2.55. The molecule has 4 atom stereocenters. The average molecular weight is 533 g/mol. The molecule has 0 radical (unpaired) electrons. The number of aliphatic hydroxyl groups excluding tert-OH is 2. The van der Waals surface area contributed by atoms with Gasteiger partial charge in [0, 0.05) is 29.2 Å². The highest BCUT2D eigenvalue weighted by Gasteiger charge is 2.50. The SMILES string of the molecule is O=C(NCCO)C1=CC(N(Cc2ccc(Cl)cc2)C(=O)Cc2ccccc2)C(O)C2Oc3ccccc3C12. The van der Waals surface area contributed by atoms with Crippen LogP contribution in [0, 0.1) is 0 Å². The summed E-state index contributed by atoms with van der Waals surface area (Å²) in [4.78, 5) is 28.7. The van der Waals surface area contributed by atoms with Gasteiger partial charge >= 0.3 is 0 Å². The largest absolute Gasteiger partial charge is 0.486 e. The highest BCUT2D eigenvalue weighted by molar-refractivity contribution is 6.30. The third-order valence-corrected chi connectivity index (χ3v) is 7.27. The van der Waals surface area contributed by atoms with Crippen molar-refractivity contribution in [2.75, 3.05) is 13.2 Å². The second kappa shape index (κ2) is 11.4. The molecule has 0 saturated heterocycles. The lowest BCUT2D eigenvalue weighted by atomic mass is 9.77. The number of halogens is 1. The predicted octanol–water partition coefficient (Wildman–Crippen LogP) is 3.23. The first-order valence-electron chi connectivity index (χ1n) is 12.6.